The Morgan fingerprint density at radius 3 is 2.72 bits per heavy atom. The molecule has 1 aromatic carbocycles. The van der Waals surface area contributed by atoms with E-state index in [4.69, 9.17) is 11.6 Å². The van der Waals surface area contributed by atoms with Gasteiger partial charge in [0.2, 0.25) is 5.95 Å². The van der Waals surface area contributed by atoms with Crippen LogP contribution in [0.3, 0.4) is 0 Å². The highest BCUT2D eigenvalue weighted by Gasteiger charge is 2.13. The largest absolute Gasteiger partial charge is 0.344 e. The van der Waals surface area contributed by atoms with Gasteiger partial charge in [0.1, 0.15) is 0 Å². The third-order valence-corrected chi connectivity index (χ3v) is 4.35. The molecule has 0 amide bonds. The van der Waals surface area contributed by atoms with E-state index < -0.39 is 0 Å². The van der Waals surface area contributed by atoms with Gasteiger partial charge in [0.15, 0.2) is 17.0 Å². The van der Waals surface area contributed by atoms with Gasteiger partial charge in [0.25, 0.3) is 0 Å². The highest BCUT2D eigenvalue weighted by Crippen LogP contribution is 2.26. The van der Waals surface area contributed by atoms with Crippen molar-refractivity contribution in [1.29, 1.82) is 0 Å². The molecule has 2 heterocycles. The fraction of sp³-hybridized carbons (Fsp3) is 0.333. The first-order chi connectivity index (χ1) is 12.1. The maximum absolute atomic E-state index is 6.23. The molecule has 0 unspecified atom stereocenters. The van der Waals surface area contributed by atoms with Crippen LogP contribution in [-0.2, 0) is 0 Å². The Labute approximate surface area is 152 Å². The van der Waals surface area contributed by atoms with E-state index in [2.05, 4.69) is 32.2 Å². The summed E-state index contributed by atoms with van der Waals surface area (Å²) in [6, 6.07) is 5.81. The van der Waals surface area contributed by atoms with Gasteiger partial charge in [-0.1, -0.05) is 31.0 Å². The van der Waals surface area contributed by atoms with Crippen molar-refractivity contribution in [2.75, 3.05) is 23.8 Å². The Morgan fingerprint density at radius 2 is 1.96 bits per heavy atom. The lowest BCUT2D eigenvalue weighted by molar-refractivity contribution is 0.751. The van der Waals surface area contributed by atoms with Gasteiger partial charge < -0.3 is 10.2 Å². The minimum absolute atomic E-state index is 0.566. The van der Waals surface area contributed by atoms with Crippen LogP contribution in [0.2, 0.25) is 5.02 Å². The molecule has 130 valence electrons. The van der Waals surface area contributed by atoms with Gasteiger partial charge in [-0.15, -0.1) is 0 Å². The molecule has 0 saturated heterocycles. The van der Waals surface area contributed by atoms with E-state index in [9.17, 15) is 0 Å². The fourth-order valence-electron chi connectivity index (χ4n) is 2.41. The first-order valence-electron chi connectivity index (χ1n) is 8.31. The van der Waals surface area contributed by atoms with E-state index in [0.717, 1.165) is 30.6 Å². The number of halogens is 1. The van der Waals surface area contributed by atoms with E-state index in [-0.39, 0.29) is 0 Å². The molecule has 1 N–H and O–H groups in total. The number of hydrogen-bond donors (Lipinski definition) is 1. The minimum Gasteiger partial charge on any atom is -0.344 e. The second-order valence-corrected chi connectivity index (χ2v) is 6.37. The summed E-state index contributed by atoms with van der Waals surface area (Å²) in [6.45, 7) is 5.02. The maximum atomic E-state index is 6.23. The summed E-state index contributed by atoms with van der Waals surface area (Å²) in [5.74, 6) is 1.25. The van der Waals surface area contributed by atoms with Crippen LogP contribution in [0.15, 0.2) is 30.6 Å². The summed E-state index contributed by atoms with van der Waals surface area (Å²) >= 11 is 6.23. The number of fused-ring (bicyclic) bond motifs is 1. The zero-order valence-corrected chi connectivity index (χ0v) is 15.4. The normalized spacial score (nSPS) is 10.9. The highest BCUT2D eigenvalue weighted by atomic mass is 35.5. The Bertz CT molecular complexity index is 883. The minimum atomic E-state index is 0.566. The number of nitrogens with one attached hydrogen (secondary N) is 1. The smallest absolute Gasteiger partial charge is 0.229 e. The highest BCUT2D eigenvalue weighted by molar-refractivity contribution is 6.31. The van der Waals surface area contributed by atoms with Crippen LogP contribution in [0.1, 0.15) is 25.3 Å². The van der Waals surface area contributed by atoms with Crippen molar-refractivity contribution in [3.8, 4) is 0 Å². The molecule has 0 saturated carbocycles. The second kappa shape index (κ2) is 7.61. The molecule has 3 aromatic rings. The lowest BCUT2D eigenvalue weighted by Gasteiger charge is -2.18. The number of anilines is 3. The molecule has 2 aromatic heterocycles. The number of aryl methyl sites for hydroxylation is 1. The number of hydrogen-bond acceptors (Lipinski definition) is 6. The first-order valence-corrected chi connectivity index (χ1v) is 8.69. The van der Waals surface area contributed by atoms with Crippen LogP contribution in [0.5, 0.6) is 0 Å². The zero-order valence-electron chi connectivity index (χ0n) is 14.6. The van der Waals surface area contributed by atoms with Crippen molar-refractivity contribution in [2.24, 2.45) is 0 Å². The summed E-state index contributed by atoms with van der Waals surface area (Å²) in [4.78, 5) is 19.9. The lowest BCUT2D eigenvalue weighted by atomic mass is 10.2. The van der Waals surface area contributed by atoms with Crippen LogP contribution >= 0.6 is 11.6 Å². The molecule has 0 radical (unpaired) electrons. The molecule has 0 aliphatic heterocycles. The van der Waals surface area contributed by atoms with E-state index in [1.807, 2.05) is 37.1 Å². The molecule has 0 spiro atoms. The van der Waals surface area contributed by atoms with Crippen LogP contribution < -0.4 is 10.2 Å². The third-order valence-electron chi connectivity index (χ3n) is 3.94. The molecule has 3 rings (SSSR count). The average molecular weight is 357 g/mol. The molecule has 0 aliphatic rings. The van der Waals surface area contributed by atoms with Crippen LogP contribution in [0.4, 0.5) is 17.5 Å². The monoisotopic (exact) mass is 356 g/mol. The van der Waals surface area contributed by atoms with Crippen LogP contribution in [0.25, 0.3) is 11.2 Å². The molecule has 0 aliphatic carbocycles. The van der Waals surface area contributed by atoms with Crippen molar-refractivity contribution in [3.63, 3.8) is 0 Å². The number of rotatable bonds is 6. The summed E-state index contributed by atoms with van der Waals surface area (Å²) < 4.78 is 0. The number of unbranched alkanes of at least 4 members (excludes halogenated alkanes) is 1. The standard InChI is InChI=1S/C18H21ClN6/c1-4-5-10-25(3)18-23-16-15(20-8-9-21-16)17(24-18)22-13-7-6-12(2)14(19)11-13/h6-9,11H,4-5,10H2,1-3H3,(H,21,22,23,24). The molecule has 0 bridgehead atoms. The molecule has 0 fully saturated rings. The van der Waals surface area contributed by atoms with Crippen LogP contribution in [0, 0.1) is 6.92 Å². The molecular weight excluding hydrogens is 336 g/mol. The molecule has 7 heteroatoms. The number of nitrogens with zero attached hydrogens (tertiary/aromatic N) is 5. The van der Waals surface area contributed by atoms with Gasteiger partial charge in [0, 0.05) is 36.7 Å². The van der Waals surface area contributed by atoms with Crippen molar-refractivity contribution in [2.45, 2.75) is 26.7 Å². The topological polar surface area (TPSA) is 66.8 Å². The van der Waals surface area contributed by atoms with E-state index >= 15 is 0 Å². The first kappa shape index (κ1) is 17.4. The van der Waals surface area contributed by atoms with Crippen molar-refractivity contribution < 1.29 is 0 Å². The van der Waals surface area contributed by atoms with Gasteiger partial charge in [-0.3, -0.25) is 0 Å². The van der Waals surface area contributed by atoms with Gasteiger partial charge >= 0.3 is 0 Å². The number of aromatic nitrogens is 4. The van der Waals surface area contributed by atoms with Gasteiger partial charge in [-0.2, -0.15) is 9.97 Å². The quantitative estimate of drug-likeness (QED) is 0.707. The third kappa shape index (κ3) is 3.96. The van der Waals surface area contributed by atoms with Crippen molar-refractivity contribution >= 4 is 40.2 Å². The predicted octanol–water partition coefficient (Wildman–Crippen LogP) is 4.36. The fourth-order valence-corrected chi connectivity index (χ4v) is 2.59. The van der Waals surface area contributed by atoms with E-state index in [0.29, 0.717) is 28.0 Å². The second-order valence-electron chi connectivity index (χ2n) is 5.96. The Morgan fingerprint density at radius 1 is 1.16 bits per heavy atom. The number of benzene rings is 1. The van der Waals surface area contributed by atoms with Gasteiger partial charge in [0.05, 0.1) is 0 Å². The molecular formula is C18H21ClN6. The SMILES string of the molecule is CCCCN(C)c1nc(Nc2ccc(C)c(Cl)c2)c2nccnc2n1. The van der Waals surface area contributed by atoms with Crippen molar-refractivity contribution in [1.82, 2.24) is 19.9 Å². The summed E-state index contributed by atoms with van der Waals surface area (Å²) in [5.41, 5.74) is 3.08. The van der Waals surface area contributed by atoms with Gasteiger partial charge in [-0.25, -0.2) is 9.97 Å². The average Bonchev–Trinajstić information content (AvgIpc) is 2.62. The van der Waals surface area contributed by atoms with E-state index in [1.54, 1.807) is 12.4 Å². The predicted molar refractivity (Wildman–Crippen MR) is 103 cm³/mol. The zero-order chi connectivity index (χ0) is 17.8. The summed E-state index contributed by atoms with van der Waals surface area (Å²) in [6.07, 6.45) is 5.47. The molecule has 25 heavy (non-hydrogen) atoms. The maximum Gasteiger partial charge on any atom is 0.229 e. The molecule has 6 nitrogen and oxygen atoms in total. The van der Waals surface area contributed by atoms with Crippen molar-refractivity contribution in [3.05, 3.63) is 41.2 Å². The van der Waals surface area contributed by atoms with E-state index in [1.165, 1.54) is 0 Å². The summed E-state index contributed by atoms with van der Waals surface area (Å²) in [7, 11) is 1.99. The van der Waals surface area contributed by atoms with Gasteiger partial charge in [-0.05, 0) is 31.0 Å². The lowest BCUT2D eigenvalue weighted by Crippen LogP contribution is -2.21. The summed E-state index contributed by atoms with van der Waals surface area (Å²) in [5, 5.41) is 4.01. The van der Waals surface area contributed by atoms with Crippen LogP contribution in [-0.4, -0.2) is 33.5 Å². The Hall–Kier alpha value is -2.47. The molecule has 0 atom stereocenters. The Kier molecular flexibility index (Phi) is 5.28. The Balaban J connectivity index is 2.01.